The number of primary amides is 1. The molecule has 120 valence electrons. The van der Waals surface area contributed by atoms with Gasteiger partial charge in [0.15, 0.2) is 0 Å². The molecular weight excluding hydrogens is 276 g/mol. The van der Waals surface area contributed by atoms with Crippen LogP contribution in [0.4, 0.5) is 4.79 Å². The number of urea groups is 1. The Hall–Kier alpha value is -1.83. The lowest BCUT2D eigenvalue weighted by atomic mass is 10.0. The molecule has 1 aliphatic rings. The zero-order chi connectivity index (χ0) is 16.0. The van der Waals surface area contributed by atoms with Gasteiger partial charge >= 0.3 is 12.0 Å². The Balaban J connectivity index is 2.41. The highest BCUT2D eigenvalue weighted by atomic mass is 16.4. The highest BCUT2D eigenvalue weighted by Crippen LogP contribution is 2.06. The summed E-state index contributed by atoms with van der Waals surface area (Å²) in [6.45, 7) is 6.40. The van der Waals surface area contributed by atoms with Crippen molar-refractivity contribution in [1.29, 1.82) is 0 Å². The van der Waals surface area contributed by atoms with Crippen molar-refractivity contribution >= 4 is 17.9 Å². The Morgan fingerprint density at radius 3 is 2.19 bits per heavy atom. The lowest BCUT2D eigenvalue weighted by molar-refractivity contribution is -0.137. The van der Waals surface area contributed by atoms with E-state index in [0.717, 1.165) is 0 Å². The summed E-state index contributed by atoms with van der Waals surface area (Å²) in [4.78, 5) is 37.5. The van der Waals surface area contributed by atoms with E-state index in [1.54, 1.807) is 4.90 Å². The first-order valence-corrected chi connectivity index (χ1v) is 7.10. The fourth-order valence-corrected chi connectivity index (χ4v) is 2.22. The van der Waals surface area contributed by atoms with Gasteiger partial charge in [0.2, 0.25) is 5.91 Å². The number of amides is 3. The van der Waals surface area contributed by atoms with Gasteiger partial charge in [-0.05, 0) is 5.92 Å². The van der Waals surface area contributed by atoms with Crippen LogP contribution in [0, 0.1) is 5.92 Å². The monoisotopic (exact) mass is 300 g/mol. The number of carbonyl (C=O) groups is 3. The smallest absolute Gasteiger partial charge is 0.318 e. The summed E-state index contributed by atoms with van der Waals surface area (Å²) >= 11 is 0. The van der Waals surface area contributed by atoms with Crippen LogP contribution in [0.15, 0.2) is 0 Å². The predicted octanol–water partition coefficient (Wildman–Crippen LogP) is -0.702. The number of carbonyl (C=O) groups excluding carboxylic acids is 2. The SMILES string of the molecule is CC(C)C(NC(=O)N1CCN(CCC(=O)O)CC1)C(N)=O. The van der Waals surface area contributed by atoms with E-state index in [2.05, 4.69) is 5.32 Å². The van der Waals surface area contributed by atoms with Gasteiger partial charge in [0.05, 0.1) is 6.42 Å². The number of hydrogen-bond donors (Lipinski definition) is 3. The number of nitrogens with two attached hydrogens (primary N) is 1. The van der Waals surface area contributed by atoms with Gasteiger partial charge in [-0.25, -0.2) is 4.79 Å². The molecule has 1 unspecified atom stereocenters. The molecule has 1 aliphatic heterocycles. The van der Waals surface area contributed by atoms with Crippen LogP contribution < -0.4 is 11.1 Å². The van der Waals surface area contributed by atoms with Crippen LogP contribution in [0.1, 0.15) is 20.3 Å². The third kappa shape index (κ3) is 5.58. The summed E-state index contributed by atoms with van der Waals surface area (Å²) in [5.41, 5.74) is 5.27. The molecule has 0 saturated carbocycles. The molecule has 0 spiro atoms. The molecule has 0 aromatic heterocycles. The van der Waals surface area contributed by atoms with Gasteiger partial charge in [-0.3, -0.25) is 14.5 Å². The van der Waals surface area contributed by atoms with E-state index in [1.165, 1.54) is 0 Å². The molecular formula is C13H24N4O4. The second-order valence-electron chi connectivity index (χ2n) is 5.55. The first-order valence-electron chi connectivity index (χ1n) is 7.10. The molecule has 4 N–H and O–H groups in total. The predicted molar refractivity (Wildman–Crippen MR) is 76.6 cm³/mol. The Kier molecular flexibility index (Phi) is 6.41. The summed E-state index contributed by atoms with van der Waals surface area (Å²) in [5.74, 6) is -1.43. The Labute approximate surface area is 124 Å². The molecule has 21 heavy (non-hydrogen) atoms. The fourth-order valence-electron chi connectivity index (χ4n) is 2.22. The minimum atomic E-state index is -0.823. The Bertz CT molecular complexity index is 392. The molecule has 0 aliphatic carbocycles. The second-order valence-corrected chi connectivity index (χ2v) is 5.55. The molecule has 8 nitrogen and oxygen atoms in total. The molecule has 8 heteroatoms. The highest BCUT2D eigenvalue weighted by molar-refractivity contribution is 5.86. The van der Waals surface area contributed by atoms with Gasteiger partial charge < -0.3 is 21.1 Å². The first-order chi connectivity index (χ1) is 9.81. The number of aliphatic carboxylic acids is 1. The van der Waals surface area contributed by atoms with Crippen molar-refractivity contribution in [3.63, 3.8) is 0 Å². The molecule has 1 saturated heterocycles. The van der Waals surface area contributed by atoms with Crippen molar-refractivity contribution in [3.8, 4) is 0 Å². The van der Waals surface area contributed by atoms with E-state index in [-0.39, 0.29) is 18.4 Å². The van der Waals surface area contributed by atoms with Crippen molar-refractivity contribution in [2.24, 2.45) is 11.7 Å². The zero-order valence-electron chi connectivity index (χ0n) is 12.5. The van der Waals surface area contributed by atoms with Crippen molar-refractivity contribution in [1.82, 2.24) is 15.1 Å². The fraction of sp³-hybridized carbons (Fsp3) is 0.769. The van der Waals surface area contributed by atoms with E-state index < -0.39 is 17.9 Å². The van der Waals surface area contributed by atoms with E-state index in [9.17, 15) is 14.4 Å². The average Bonchev–Trinajstić information content (AvgIpc) is 2.42. The molecule has 0 aromatic carbocycles. The van der Waals surface area contributed by atoms with Gasteiger partial charge in [-0.2, -0.15) is 0 Å². The highest BCUT2D eigenvalue weighted by Gasteiger charge is 2.26. The summed E-state index contributed by atoms with van der Waals surface area (Å²) in [7, 11) is 0. The molecule has 0 bridgehead atoms. The van der Waals surface area contributed by atoms with Gasteiger partial charge in [0.1, 0.15) is 6.04 Å². The average molecular weight is 300 g/mol. The van der Waals surface area contributed by atoms with Crippen molar-refractivity contribution in [2.75, 3.05) is 32.7 Å². The van der Waals surface area contributed by atoms with E-state index in [4.69, 9.17) is 10.8 Å². The van der Waals surface area contributed by atoms with Gasteiger partial charge in [-0.15, -0.1) is 0 Å². The van der Waals surface area contributed by atoms with Crippen LogP contribution in [0.2, 0.25) is 0 Å². The third-order valence-electron chi connectivity index (χ3n) is 3.55. The third-order valence-corrected chi connectivity index (χ3v) is 3.55. The van der Waals surface area contributed by atoms with Crippen LogP contribution in [-0.2, 0) is 9.59 Å². The maximum atomic E-state index is 12.1. The van der Waals surface area contributed by atoms with Gasteiger partial charge in [0, 0.05) is 32.7 Å². The number of carboxylic acids is 1. The van der Waals surface area contributed by atoms with Crippen LogP contribution in [0.3, 0.4) is 0 Å². The zero-order valence-corrected chi connectivity index (χ0v) is 12.5. The molecule has 1 atom stereocenters. The summed E-state index contributed by atoms with van der Waals surface area (Å²) in [6, 6.07) is -0.979. The molecule has 0 radical (unpaired) electrons. The normalized spacial score (nSPS) is 17.6. The van der Waals surface area contributed by atoms with E-state index in [0.29, 0.717) is 32.7 Å². The second kappa shape index (κ2) is 7.82. The molecule has 3 amide bonds. The minimum absolute atomic E-state index is 0.0664. The molecule has 1 rings (SSSR count). The minimum Gasteiger partial charge on any atom is -0.481 e. The summed E-state index contributed by atoms with van der Waals surface area (Å²) in [5, 5.41) is 11.3. The number of nitrogens with zero attached hydrogens (tertiary/aromatic N) is 2. The standard InChI is InChI=1S/C13H24N4O4/c1-9(2)11(12(14)20)15-13(21)17-7-5-16(6-8-17)4-3-10(18)19/h9,11H,3-8H2,1-2H3,(H2,14,20)(H,15,21)(H,18,19). The number of rotatable bonds is 6. The van der Waals surface area contributed by atoms with Crippen molar-refractivity contribution < 1.29 is 19.5 Å². The Morgan fingerprint density at radius 2 is 1.76 bits per heavy atom. The largest absolute Gasteiger partial charge is 0.481 e. The lowest BCUT2D eigenvalue weighted by Crippen LogP contribution is -2.56. The van der Waals surface area contributed by atoms with Crippen molar-refractivity contribution in [2.45, 2.75) is 26.3 Å². The van der Waals surface area contributed by atoms with Gasteiger partial charge in [0.25, 0.3) is 0 Å². The van der Waals surface area contributed by atoms with E-state index >= 15 is 0 Å². The van der Waals surface area contributed by atoms with Gasteiger partial charge in [-0.1, -0.05) is 13.8 Å². The number of nitrogens with one attached hydrogen (secondary N) is 1. The number of carboxylic acid groups (broad SMARTS) is 1. The first kappa shape index (κ1) is 17.2. The van der Waals surface area contributed by atoms with Crippen LogP contribution in [0.25, 0.3) is 0 Å². The summed E-state index contributed by atoms with van der Waals surface area (Å²) in [6.07, 6.45) is 0.100. The number of hydrogen-bond acceptors (Lipinski definition) is 4. The summed E-state index contributed by atoms with van der Waals surface area (Å²) < 4.78 is 0. The van der Waals surface area contributed by atoms with E-state index in [1.807, 2.05) is 18.7 Å². The quantitative estimate of drug-likeness (QED) is 0.600. The molecule has 1 fully saturated rings. The molecule has 0 aromatic rings. The molecule has 1 heterocycles. The van der Waals surface area contributed by atoms with Crippen LogP contribution in [-0.4, -0.2) is 71.6 Å². The lowest BCUT2D eigenvalue weighted by Gasteiger charge is -2.35. The number of piperazine rings is 1. The Morgan fingerprint density at radius 1 is 1.19 bits per heavy atom. The maximum absolute atomic E-state index is 12.1. The van der Waals surface area contributed by atoms with Crippen molar-refractivity contribution in [3.05, 3.63) is 0 Å². The maximum Gasteiger partial charge on any atom is 0.318 e. The topological polar surface area (TPSA) is 116 Å². The van der Waals surface area contributed by atoms with Crippen LogP contribution >= 0.6 is 0 Å². The van der Waals surface area contributed by atoms with Crippen LogP contribution in [0.5, 0.6) is 0 Å².